The van der Waals surface area contributed by atoms with E-state index in [9.17, 15) is 14.7 Å². The van der Waals surface area contributed by atoms with Crippen LogP contribution in [0.3, 0.4) is 0 Å². The zero-order valence-corrected chi connectivity index (χ0v) is 11.0. The quantitative estimate of drug-likeness (QED) is 0.577. The van der Waals surface area contributed by atoms with E-state index in [1.165, 1.54) is 0 Å². The summed E-state index contributed by atoms with van der Waals surface area (Å²) in [7, 11) is 0. The number of carbonyl (C=O) groups is 2. The molecule has 0 heterocycles. The van der Waals surface area contributed by atoms with E-state index in [1.54, 1.807) is 31.2 Å². The molecule has 0 atom stereocenters. The van der Waals surface area contributed by atoms with E-state index < -0.39 is 0 Å². The zero-order valence-electron chi connectivity index (χ0n) is 11.0. The molecule has 1 amide bonds. The molecule has 2 N–H and O–H groups in total. The van der Waals surface area contributed by atoms with Gasteiger partial charge in [0.25, 0.3) is 0 Å². The molecule has 0 saturated heterocycles. The molecule has 0 fully saturated rings. The second-order valence-corrected chi connectivity index (χ2v) is 4.11. The fraction of sp³-hybridized carbons (Fsp3) is 0.429. The van der Waals surface area contributed by atoms with Gasteiger partial charge in [0.05, 0.1) is 13.0 Å². The minimum atomic E-state index is -0.246. The summed E-state index contributed by atoms with van der Waals surface area (Å²) in [4.78, 5) is 22.6. The molecular formula is C14H19NO4. The van der Waals surface area contributed by atoms with Crippen LogP contribution in [0.2, 0.25) is 0 Å². The van der Waals surface area contributed by atoms with E-state index in [4.69, 9.17) is 4.74 Å². The number of amides is 1. The summed E-state index contributed by atoms with van der Waals surface area (Å²) in [6, 6.07) is 6.58. The lowest BCUT2D eigenvalue weighted by molar-refractivity contribution is -0.143. The van der Waals surface area contributed by atoms with Gasteiger partial charge in [0.15, 0.2) is 0 Å². The lowest BCUT2D eigenvalue weighted by Gasteiger charge is -2.05. The Kier molecular flexibility index (Phi) is 6.43. The smallest absolute Gasteiger partial charge is 0.305 e. The fourth-order valence-electron chi connectivity index (χ4n) is 1.61. The number of aromatic hydroxyl groups is 1. The van der Waals surface area contributed by atoms with Gasteiger partial charge in [-0.2, -0.15) is 0 Å². The van der Waals surface area contributed by atoms with Gasteiger partial charge < -0.3 is 15.2 Å². The van der Waals surface area contributed by atoms with Crippen molar-refractivity contribution in [2.24, 2.45) is 0 Å². The lowest BCUT2D eigenvalue weighted by Crippen LogP contribution is -2.26. The Labute approximate surface area is 112 Å². The summed E-state index contributed by atoms with van der Waals surface area (Å²) in [6.45, 7) is 2.58. The first-order valence-electron chi connectivity index (χ1n) is 6.32. The van der Waals surface area contributed by atoms with Crippen LogP contribution >= 0.6 is 0 Å². The summed E-state index contributed by atoms with van der Waals surface area (Å²) in [5.41, 5.74) is 0.753. The second-order valence-electron chi connectivity index (χ2n) is 4.11. The van der Waals surface area contributed by atoms with Crippen molar-refractivity contribution < 1.29 is 19.4 Å². The van der Waals surface area contributed by atoms with Gasteiger partial charge in [-0.05, 0) is 31.0 Å². The summed E-state index contributed by atoms with van der Waals surface area (Å²) in [6.07, 6.45) is 1.08. The Bertz CT molecular complexity index is 431. The van der Waals surface area contributed by atoms with Gasteiger partial charge >= 0.3 is 5.97 Å². The third kappa shape index (κ3) is 6.45. The number of hydrogen-bond donors (Lipinski definition) is 2. The van der Waals surface area contributed by atoms with Crippen LogP contribution in [0.15, 0.2) is 24.3 Å². The van der Waals surface area contributed by atoms with E-state index in [0.29, 0.717) is 26.0 Å². The standard InChI is InChI=1S/C14H19NO4/c1-2-19-14(18)7-4-8-15-13(17)10-11-5-3-6-12(16)9-11/h3,5-6,9,16H,2,4,7-8,10H2,1H3,(H,15,17). The van der Waals surface area contributed by atoms with Crippen molar-refractivity contribution in [1.82, 2.24) is 5.32 Å². The Morgan fingerprint density at radius 3 is 2.84 bits per heavy atom. The van der Waals surface area contributed by atoms with Crippen molar-refractivity contribution in [2.75, 3.05) is 13.2 Å². The molecule has 0 radical (unpaired) electrons. The van der Waals surface area contributed by atoms with Crippen molar-refractivity contribution in [1.29, 1.82) is 0 Å². The fourth-order valence-corrected chi connectivity index (χ4v) is 1.61. The molecule has 19 heavy (non-hydrogen) atoms. The third-order valence-corrected chi connectivity index (χ3v) is 2.46. The van der Waals surface area contributed by atoms with Crippen LogP contribution in [0, 0.1) is 0 Å². The largest absolute Gasteiger partial charge is 0.508 e. The molecule has 0 spiro atoms. The summed E-state index contributed by atoms with van der Waals surface area (Å²) < 4.78 is 4.78. The van der Waals surface area contributed by atoms with E-state index in [-0.39, 0.29) is 24.0 Å². The van der Waals surface area contributed by atoms with Gasteiger partial charge in [0.2, 0.25) is 5.91 Å². The molecule has 0 aromatic heterocycles. The molecule has 1 rings (SSSR count). The average molecular weight is 265 g/mol. The molecule has 0 saturated carbocycles. The number of phenolic OH excluding ortho intramolecular Hbond substituents is 1. The Hall–Kier alpha value is -2.04. The molecule has 0 aliphatic heterocycles. The zero-order chi connectivity index (χ0) is 14.1. The van der Waals surface area contributed by atoms with E-state index in [2.05, 4.69) is 5.32 Å². The van der Waals surface area contributed by atoms with E-state index >= 15 is 0 Å². The Balaban J connectivity index is 2.20. The molecule has 1 aromatic rings. The highest BCUT2D eigenvalue weighted by atomic mass is 16.5. The topological polar surface area (TPSA) is 75.6 Å². The Morgan fingerprint density at radius 2 is 2.16 bits per heavy atom. The summed E-state index contributed by atoms with van der Waals surface area (Å²) >= 11 is 0. The SMILES string of the molecule is CCOC(=O)CCCNC(=O)Cc1cccc(O)c1. The summed E-state index contributed by atoms with van der Waals surface area (Å²) in [5, 5.41) is 12.0. The highest BCUT2D eigenvalue weighted by Gasteiger charge is 2.05. The van der Waals surface area contributed by atoms with Crippen LogP contribution in [0.25, 0.3) is 0 Å². The first-order chi connectivity index (χ1) is 9.11. The molecule has 5 heteroatoms. The minimum absolute atomic E-state index is 0.130. The first-order valence-corrected chi connectivity index (χ1v) is 6.32. The highest BCUT2D eigenvalue weighted by Crippen LogP contribution is 2.11. The molecule has 104 valence electrons. The van der Waals surface area contributed by atoms with Crippen LogP contribution in [-0.2, 0) is 20.7 Å². The van der Waals surface area contributed by atoms with E-state index in [1.807, 2.05) is 0 Å². The molecule has 0 unspecified atom stereocenters. The number of carbonyl (C=O) groups excluding carboxylic acids is 2. The number of hydrogen-bond acceptors (Lipinski definition) is 4. The van der Waals surface area contributed by atoms with Crippen molar-refractivity contribution in [3.63, 3.8) is 0 Å². The normalized spacial score (nSPS) is 9.95. The predicted molar refractivity (Wildman–Crippen MR) is 70.7 cm³/mol. The van der Waals surface area contributed by atoms with Crippen molar-refractivity contribution in [2.45, 2.75) is 26.2 Å². The van der Waals surface area contributed by atoms with Gasteiger partial charge in [-0.25, -0.2) is 0 Å². The number of benzene rings is 1. The average Bonchev–Trinajstić information content (AvgIpc) is 2.35. The number of ether oxygens (including phenoxy) is 1. The predicted octanol–water partition coefficient (Wildman–Crippen LogP) is 1.39. The van der Waals surface area contributed by atoms with Crippen LogP contribution in [0.5, 0.6) is 5.75 Å². The number of esters is 1. The van der Waals surface area contributed by atoms with Crippen LogP contribution in [0.1, 0.15) is 25.3 Å². The second kappa shape index (κ2) is 8.13. The maximum Gasteiger partial charge on any atom is 0.305 e. The maximum atomic E-state index is 11.6. The molecule has 5 nitrogen and oxygen atoms in total. The maximum absolute atomic E-state index is 11.6. The third-order valence-electron chi connectivity index (χ3n) is 2.46. The van der Waals surface area contributed by atoms with Gasteiger partial charge in [0.1, 0.15) is 5.75 Å². The molecule has 0 aliphatic carbocycles. The first kappa shape index (κ1) is 15.0. The van der Waals surface area contributed by atoms with Crippen LogP contribution in [0.4, 0.5) is 0 Å². The van der Waals surface area contributed by atoms with Gasteiger partial charge in [-0.1, -0.05) is 12.1 Å². The molecule has 1 aromatic carbocycles. The lowest BCUT2D eigenvalue weighted by atomic mass is 10.1. The van der Waals surface area contributed by atoms with Crippen molar-refractivity contribution in [3.8, 4) is 5.75 Å². The molecule has 0 aliphatic rings. The monoisotopic (exact) mass is 265 g/mol. The van der Waals surface area contributed by atoms with Crippen molar-refractivity contribution >= 4 is 11.9 Å². The van der Waals surface area contributed by atoms with Crippen LogP contribution < -0.4 is 5.32 Å². The van der Waals surface area contributed by atoms with E-state index in [0.717, 1.165) is 5.56 Å². The van der Waals surface area contributed by atoms with Gasteiger partial charge in [-0.15, -0.1) is 0 Å². The Morgan fingerprint density at radius 1 is 1.37 bits per heavy atom. The van der Waals surface area contributed by atoms with Crippen LogP contribution in [-0.4, -0.2) is 30.1 Å². The van der Waals surface area contributed by atoms with Crippen molar-refractivity contribution in [3.05, 3.63) is 29.8 Å². The van der Waals surface area contributed by atoms with Gasteiger partial charge in [-0.3, -0.25) is 9.59 Å². The number of nitrogens with one attached hydrogen (secondary N) is 1. The minimum Gasteiger partial charge on any atom is -0.508 e. The molecular weight excluding hydrogens is 246 g/mol. The number of rotatable bonds is 7. The van der Waals surface area contributed by atoms with Gasteiger partial charge in [0, 0.05) is 13.0 Å². The molecule has 0 bridgehead atoms. The number of phenols is 1. The highest BCUT2D eigenvalue weighted by molar-refractivity contribution is 5.78. The summed E-state index contributed by atoms with van der Waals surface area (Å²) in [5.74, 6) is -0.230.